The molecule has 2 aromatic heterocycles. The molecule has 3 heterocycles. The van der Waals surface area contributed by atoms with Gasteiger partial charge in [0.2, 0.25) is 0 Å². The van der Waals surface area contributed by atoms with E-state index in [9.17, 15) is 31.1 Å². The number of aromatic nitrogens is 2. The van der Waals surface area contributed by atoms with Crippen LogP contribution in [0, 0.1) is 17.5 Å². The fourth-order valence-electron chi connectivity index (χ4n) is 4.82. The molecule has 5 rings (SSSR count). The molecule has 0 aliphatic carbocycles. The molecule has 2 aromatic carbocycles. The zero-order valence-corrected chi connectivity index (χ0v) is 21.9. The van der Waals surface area contributed by atoms with E-state index in [-0.39, 0.29) is 29.3 Å². The molecule has 0 atom stereocenters. The Bertz CT molecular complexity index is 1630. The van der Waals surface area contributed by atoms with Gasteiger partial charge in [0.1, 0.15) is 28.4 Å². The van der Waals surface area contributed by atoms with Crippen molar-refractivity contribution >= 4 is 34.6 Å². The predicted molar refractivity (Wildman–Crippen MR) is 140 cm³/mol. The van der Waals surface area contributed by atoms with E-state index in [0.717, 1.165) is 11.6 Å². The minimum atomic E-state index is -4.92. The Morgan fingerprint density at radius 2 is 1.85 bits per heavy atom. The zero-order chi connectivity index (χ0) is 29.3. The van der Waals surface area contributed by atoms with Gasteiger partial charge >= 0.3 is 12.4 Å². The fourth-order valence-corrected chi connectivity index (χ4v) is 5.02. The molecule has 1 aliphatic rings. The standard InChI is InChI=1S/C28H21ClF6N4O2/c29-26-10-16(5-7-36-26)14-37-27(40)39-24-6-9-38(8-1-2-20-22(31)11-17(30)12-23(20)32)15-21(24)19-4-3-18(13-25(19)39)41-28(33,34)35/h1-5,7,10-13H,6,8-9,14-15H2,(H,37,40)/b2-1+. The van der Waals surface area contributed by atoms with Crippen LogP contribution in [0.5, 0.6) is 5.75 Å². The maximum atomic E-state index is 14.0. The zero-order valence-electron chi connectivity index (χ0n) is 21.1. The van der Waals surface area contributed by atoms with E-state index in [1.54, 1.807) is 12.1 Å². The lowest BCUT2D eigenvalue weighted by Gasteiger charge is -2.27. The Labute approximate surface area is 234 Å². The molecule has 4 aromatic rings. The van der Waals surface area contributed by atoms with Crippen LogP contribution in [0.2, 0.25) is 5.15 Å². The highest BCUT2D eigenvalue weighted by Gasteiger charge is 2.32. The van der Waals surface area contributed by atoms with Crippen molar-refractivity contribution in [2.24, 2.45) is 0 Å². The van der Waals surface area contributed by atoms with Gasteiger partial charge in [-0.15, -0.1) is 13.2 Å². The summed E-state index contributed by atoms with van der Waals surface area (Å²) in [4.78, 5) is 19.2. The smallest absolute Gasteiger partial charge is 0.406 e. The van der Waals surface area contributed by atoms with Crippen molar-refractivity contribution in [1.82, 2.24) is 19.8 Å². The van der Waals surface area contributed by atoms with Gasteiger partial charge in [0.15, 0.2) is 0 Å². The van der Waals surface area contributed by atoms with Crippen LogP contribution in [0.3, 0.4) is 0 Å². The van der Waals surface area contributed by atoms with E-state index in [4.69, 9.17) is 11.6 Å². The van der Waals surface area contributed by atoms with Gasteiger partial charge in [-0.1, -0.05) is 23.8 Å². The SMILES string of the molecule is O=C(NCc1ccnc(Cl)c1)n1c2c(c3ccc(OC(F)(F)F)cc31)CN(C/C=C/c1c(F)cc(F)cc1F)CC2. The van der Waals surface area contributed by atoms with Crippen molar-refractivity contribution in [2.45, 2.75) is 25.9 Å². The second-order valence-corrected chi connectivity index (χ2v) is 9.69. The third-order valence-corrected chi connectivity index (χ3v) is 6.77. The molecule has 0 unspecified atom stereocenters. The third kappa shape index (κ3) is 6.49. The van der Waals surface area contributed by atoms with Gasteiger partial charge in [-0.2, -0.15) is 0 Å². The molecule has 1 amide bonds. The lowest BCUT2D eigenvalue weighted by Crippen LogP contribution is -2.34. The molecule has 0 fully saturated rings. The number of hydrogen-bond donors (Lipinski definition) is 1. The molecule has 1 aliphatic heterocycles. The van der Waals surface area contributed by atoms with Gasteiger partial charge in [0, 0.05) is 73.6 Å². The first-order valence-corrected chi connectivity index (χ1v) is 12.7. The summed E-state index contributed by atoms with van der Waals surface area (Å²) in [5, 5.41) is 3.57. The average molecular weight is 595 g/mol. The Hall–Kier alpha value is -4.03. The van der Waals surface area contributed by atoms with Gasteiger partial charge in [0.05, 0.1) is 5.52 Å². The first-order chi connectivity index (χ1) is 19.5. The van der Waals surface area contributed by atoms with Crippen molar-refractivity contribution in [3.8, 4) is 5.75 Å². The number of hydrogen-bond acceptors (Lipinski definition) is 4. The number of nitrogens with zero attached hydrogens (tertiary/aromatic N) is 3. The average Bonchev–Trinajstić information content (AvgIpc) is 3.21. The highest BCUT2D eigenvalue weighted by Crippen LogP contribution is 2.34. The molecular weight excluding hydrogens is 574 g/mol. The van der Waals surface area contributed by atoms with Crippen molar-refractivity contribution < 1.29 is 35.9 Å². The van der Waals surface area contributed by atoms with E-state index in [0.29, 0.717) is 48.3 Å². The lowest BCUT2D eigenvalue weighted by atomic mass is 10.0. The van der Waals surface area contributed by atoms with E-state index in [1.165, 1.54) is 35.0 Å². The van der Waals surface area contributed by atoms with Crippen LogP contribution in [0.4, 0.5) is 31.1 Å². The number of fused-ring (bicyclic) bond motifs is 3. The minimum Gasteiger partial charge on any atom is -0.406 e. The summed E-state index contributed by atoms with van der Waals surface area (Å²) in [6, 6.07) is 7.68. The monoisotopic (exact) mass is 594 g/mol. The summed E-state index contributed by atoms with van der Waals surface area (Å²) < 4.78 is 85.4. The topological polar surface area (TPSA) is 59.4 Å². The number of alkyl halides is 3. The molecular formula is C28H21ClF6N4O2. The second-order valence-electron chi connectivity index (χ2n) is 9.30. The molecule has 0 saturated carbocycles. The summed E-state index contributed by atoms with van der Waals surface area (Å²) in [5.41, 5.74) is 1.88. The summed E-state index contributed by atoms with van der Waals surface area (Å²) in [6.07, 6.45) is -0.311. The van der Waals surface area contributed by atoms with Crippen LogP contribution in [0.1, 0.15) is 22.4 Å². The van der Waals surface area contributed by atoms with E-state index in [2.05, 4.69) is 15.0 Å². The number of ether oxygens (including phenoxy) is 1. The highest BCUT2D eigenvalue weighted by molar-refractivity contribution is 6.29. The maximum absolute atomic E-state index is 14.0. The fraction of sp³-hybridized carbons (Fsp3) is 0.214. The van der Waals surface area contributed by atoms with Crippen molar-refractivity contribution in [1.29, 1.82) is 0 Å². The highest BCUT2D eigenvalue weighted by atomic mass is 35.5. The van der Waals surface area contributed by atoms with Gasteiger partial charge in [-0.3, -0.25) is 9.47 Å². The van der Waals surface area contributed by atoms with Crippen LogP contribution in [0.25, 0.3) is 17.0 Å². The van der Waals surface area contributed by atoms with E-state index < -0.39 is 35.6 Å². The summed E-state index contributed by atoms with van der Waals surface area (Å²) in [6.45, 7) is 1.12. The molecule has 1 N–H and O–H groups in total. The van der Waals surface area contributed by atoms with Crippen LogP contribution < -0.4 is 10.1 Å². The molecule has 0 radical (unpaired) electrons. The van der Waals surface area contributed by atoms with Crippen LogP contribution in [-0.2, 0) is 19.5 Å². The normalized spacial score (nSPS) is 14.0. The van der Waals surface area contributed by atoms with Gasteiger partial charge in [0.25, 0.3) is 0 Å². The largest absolute Gasteiger partial charge is 0.573 e. The summed E-state index contributed by atoms with van der Waals surface area (Å²) >= 11 is 5.91. The van der Waals surface area contributed by atoms with Crippen molar-refractivity contribution in [3.63, 3.8) is 0 Å². The molecule has 0 spiro atoms. The molecule has 41 heavy (non-hydrogen) atoms. The lowest BCUT2D eigenvalue weighted by molar-refractivity contribution is -0.274. The number of carbonyl (C=O) groups is 1. The third-order valence-electron chi connectivity index (χ3n) is 6.56. The van der Waals surface area contributed by atoms with E-state index >= 15 is 0 Å². The quantitative estimate of drug-likeness (QED) is 0.196. The predicted octanol–water partition coefficient (Wildman–Crippen LogP) is 6.84. The summed E-state index contributed by atoms with van der Waals surface area (Å²) in [5.74, 6) is -3.55. The Morgan fingerprint density at radius 3 is 2.56 bits per heavy atom. The Morgan fingerprint density at radius 1 is 1.10 bits per heavy atom. The van der Waals surface area contributed by atoms with Crippen LogP contribution in [-0.4, -0.2) is 39.9 Å². The Kier molecular flexibility index (Phi) is 7.96. The maximum Gasteiger partial charge on any atom is 0.573 e. The van der Waals surface area contributed by atoms with Crippen LogP contribution >= 0.6 is 11.6 Å². The number of carbonyl (C=O) groups excluding carboxylic acids is 1. The first-order valence-electron chi connectivity index (χ1n) is 12.3. The number of amides is 1. The number of benzene rings is 2. The van der Waals surface area contributed by atoms with Gasteiger partial charge < -0.3 is 10.1 Å². The summed E-state index contributed by atoms with van der Waals surface area (Å²) in [7, 11) is 0. The first kappa shape index (κ1) is 28.5. The van der Waals surface area contributed by atoms with Gasteiger partial charge in [-0.25, -0.2) is 22.9 Å². The van der Waals surface area contributed by atoms with Gasteiger partial charge in [-0.05, 0) is 35.4 Å². The number of nitrogens with one attached hydrogen (secondary N) is 1. The Balaban J connectivity index is 1.43. The molecule has 214 valence electrons. The number of halogens is 7. The second kappa shape index (κ2) is 11.5. The van der Waals surface area contributed by atoms with Crippen molar-refractivity contribution in [3.05, 3.63) is 99.7 Å². The van der Waals surface area contributed by atoms with Crippen molar-refractivity contribution in [2.75, 3.05) is 13.1 Å². The number of pyridine rings is 1. The molecule has 0 saturated heterocycles. The van der Waals surface area contributed by atoms with Crippen LogP contribution in [0.15, 0.2) is 54.7 Å². The minimum absolute atomic E-state index is 0.0989. The van der Waals surface area contributed by atoms with E-state index in [1.807, 2.05) is 4.90 Å². The molecule has 0 bridgehead atoms. The molecule has 13 heteroatoms. The number of rotatable bonds is 6. The molecule has 6 nitrogen and oxygen atoms in total.